The summed E-state index contributed by atoms with van der Waals surface area (Å²) in [6.07, 6.45) is 2.87. The number of hydrogen-bond acceptors (Lipinski definition) is 2. The fourth-order valence-corrected chi connectivity index (χ4v) is 2.11. The zero-order chi connectivity index (χ0) is 10.8. The van der Waals surface area contributed by atoms with Crippen molar-refractivity contribution in [3.8, 4) is 0 Å². The lowest BCUT2D eigenvalue weighted by atomic mass is 10.3. The molecule has 0 radical (unpaired) electrons. The molecule has 1 N–H and O–H groups in total. The van der Waals surface area contributed by atoms with E-state index in [2.05, 4.69) is 20.9 Å². The molecule has 0 bridgehead atoms. The largest absolute Gasteiger partial charge is 0.380 e. The van der Waals surface area contributed by atoms with E-state index < -0.39 is 0 Å². The molecule has 2 heterocycles. The smallest absolute Gasteiger partial charge is 0.270 e. The number of methoxy groups -OCH3 is 1. The van der Waals surface area contributed by atoms with E-state index in [-0.39, 0.29) is 12.0 Å². The molecule has 0 spiro atoms. The molecule has 0 aliphatic carbocycles. The van der Waals surface area contributed by atoms with E-state index in [0.717, 1.165) is 17.4 Å². The standard InChI is InChI=1S/C10H13BrN2O2/c1-15-8-2-3-13(6-8)10(14)9-4-7(11)5-12-9/h4-5,8,12H,2-3,6H2,1H3. The summed E-state index contributed by atoms with van der Waals surface area (Å²) < 4.78 is 6.12. The molecule has 1 amide bonds. The highest BCUT2D eigenvalue weighted by Crippen LogP contribution is 2.17. The number of halogens is 1. The maximum Gasteiger partial charge on any atom is 0.270 e. The molecule has 0 aromatic carbocycles. The molecule has 1 saturated heterocycles. The Kier molecular flexibility index (Phi) is 3.11. The normalized spacial score (nSPS) is 20.9. The van der Waals surface area contributed by atoms with Crippen molar-refractivity contribution in [2.24, 2.45) is 0 Å². The van der Waals surface area contributed by atoms with Gasteiger partial charge in [0.25, 0.3) is 5.91 Å². The van der Waals surface area contributed by atoms with E-state index in [9.17, 15) is 4.79 Å². The highest BCUT2D eigenvalue weighted by Gasteiger charge is 2.27. The number of nitrogens with zero attached hydrogens (tertiary/aromatic N) is 1. The van der Waals surface area contributed by atoms with E-state index in [1.165, 1.54) is 0 Å². The van der Waals surface area contributed by atoms with Crippen molar-refractivity contribution < 1.29 is 9.53 Å². The molecular formula is C10H13BrN2O2. The fraction of sp³-hybridized carbons (Fsp3) is 0.500. The van der Waals surface area contributed by atoms with Crippen molar-refractivity contribution in [1.82, 2.24) is 9.88 Å². The van der Waals surface area contributed by atoms with Gasteiger partial charge in [0.2, 0.25) is 0 Å². The highest BCUT2D eigenvalue weighted by atomic mass is 79.9. The summed E-state index contributed by atoms with van der Waals surface area (Å²) in [5, 5.41) is 0. The van der Waals surface area contributed by atoms with E-state index in [4.69, 9.17) is 4.74 Å². The van der Waals surface area contributed by atoms with Crippen LogP contribution in [0.15, 0.2) is 16.7 Å². The van der Waals surface area contributed by atoms with Crippen LogP contribution in [0.2, 0.25) is 0 Å². The van der Waals surface area contributed by atoms with Crippen molar-refractivity contribution >= 4 is 21.8 Å². The summed E-state index contributed by atoms with van der Waals surface area (Å²) in [5.41, 5.74) is 0.624. The Morgan fingerprint density at radius 2 is 2.53 bits per heavy atom. The van der Waals surface area contributed by atoms with Gasteiger partial charge < -0.3 is 14.6 Å². The van der Waals surface area contributed by atoms with Gasteiger partial charge >= 0.3 is 0 Å². The first-order valence-electron chi connectivity index (χ1n) is 4.86. The second-order valence-corrected chi connectivity index (χ2v) is 4.54. The molecule has 4 nitrogen and oxygen atoms in total. The minimum atomic E-state index is 0.0419. The third kappa shape index (κ3) is 2.23. The molecule has 5 heteroatoms. The summed E-state index contributed by atoms with van der Waals surface area (Å²) in [4.78, 5) is 16.7. The molecule has 1 aromatic heterocycles. The van der Waals surface area contributed by atoms with Crippen LogP contribution in [-0.4, -0.2) is 42.1 Å². The van der Waals surface area contributed by atoms with Crippen molar-refractivity contribution in [1.29, 1.82) is 0 Å². The van der Waals surface area contributed by atoms with Crippen molar-refractivity contribution in [2.75, 3.05) is 20.2 Å². The lowest BCUT2D eigenvalue weighted by Gasteiger charge is -2.14. The van der Waals surface area contributed by atoms with Crippen LogP contribution < -0.4 is 0 Å². The summed E-state index contributed by atoms with van der Waals surface area (Å²) in [5.74, 6) is 0.0419. The number of ether oxygens (including phenoxy) is 1. The first kappa shape index (κ1) is 10.7. The van der Waals surface area contributed by atoms with E-state index in [0.29, 0.717) is 12.2 Å². The minimum absolute atomic E-state index is 0.0419. The molecule has 15 heavy (non-hydrogen) atoms. The molecule has 82 valence electrons. The van der Waals surface area contributed by atoms with Gasteiger partial charge in [-0.05, 0) is 28.4 Å². The van der Waals surface area contributed by atoms with Gasteiger partial charge in [0.15, 0.2) is 0 Å². The average Bonchev–Trinajstić information content (AvgIpc) is 2.84. The van der Waals surface area contributed by atoms with Crippen LogP contribution in [0.1, 0.15) is 16.9 Å². The number of H-pyrrole nitrogens is 1. The summed E-state index contributed by atoms with van der Waals surface area (Å²) in [7, 11) is 1.68. The number of rotatable bonds is 2. The Balaban J connectivity index is 2.03. The zero-order valence-corrected chi connectivity index (χ0v) is 10.1. The number of carbonyl (C=O) groups is 1. The second kappa shape index (κ2) is 4.37. The van der Waals surface area contributed by atoms with Crippen molar-refractivity contribution in [3.05, 3.63) is 22.4 Å². The van der Waals surface area contributed by atoms with Gasteiger partial charge in [-0.2, -0.15) is 0 Å². The quantitative estimate of drug-likeness (QED) is 0.890. The predicted molar refractivity (Wildman–Crippen MR) is 59.8 cm³/mol. The Hall–Kier alpha value is -0.810. The van der Waals surface area contributed by atoms with Crippen LogP contribution in [0.3, 0.4) is 0 Å². The van der Waals surface area contributed by atoms with E-state index in [1.807, 2.05) is 4.90 Å². The van der Waals surface area contributed by atoms with Crippen LogP contribution in [0.5, 0.6) is 0 Å². The predicted octanol–water partition coefficient (Wildman–Crippen LogP) is 1.64. The number of aromatic nitrogens is 1. The van der Waals surface area contributed by atoms with Crippen LogP contribution >= 0.6 is 15.9 Å². The Labute approximate surface area is 96.7 Å². The molecule has 1 aromatic rings. The van der Waals surface area contributed by atoms with Gasteiger partial charge in [-0.3, -0.25) is 4.79 Å². The number of aromatic amines is 1. The maximum atomic E-state index is 11.9. The molecular weight excluding hydrogens is 260 g/mol. The molecule has 1 aliphatic rings. The van der Waals surface area contributed by atoms with Crippen LogP contribution in [0.25, 0.3) is 0 Å². The lowest BCUT2D eigenvalue weighted by Crippen LogP contribution is -2.30. The van der Waals surface area contributed by atoms with Crippen molar-refractivity contribution in [3.63, 3.8) is 0 Å². The van der Waals surface area contributed by atoms with Crippen LogP contribution in [0.4, 0.5) is 0 Å². The summed E-state index contributed by atoms with van der Waals surface area (Å²) in [6.45, 7) is 1.46. The molecule has 1 fully saturated rings. The average molecular weight is 273 g/mol. The monoisotopic (exact) mass is 272 g/mol. The first-order valence-corrected chi connectivity index (χ1v) is 5.66. The van der Waals surface area contributed by atoms with Crippen LogP contribution in [-0.2, 0) is 4.74 Å². The third-order valence-corrected chi connectivity index (χ3v) is 3.10. The third-order valence-electron chi connectivity index (χ3n) is 2.64. The SMILES string of the molecule is COC1CCN(C(=O)c2cc(Br)c[nH]2)C1. The van der Waals surface area contributed by atoms with Crippen LogP contribution in [0, 0.1) is 0 Å². The van der Waals surface area contributed by atoms with Gasteiger partial charge in [0, 0.05) is 30.9 Å². The Morgan fingerprint density at radius 3 is 3.07 bits per heavy atom. The summed E-state index contributed by atoms with van der Waals surface area (Å²) in [6, 6.07) is 1.79. The maximum absolute atomic E-state index is 11.9. The zero-order valence-electron chi connectivity index (χ0n) is 8.50. The summed E-state index contributed by atoms with van der Waals surface area (Å²) >= 11 is 3.31. The number of nitrogens with one attached hydrogen (secondary N) is 1. The molecule has 1 aliphatic heterocycles. The lowest BCUT2D eigenvalue weighted by molar-refractivity contribution is 0.0719. The Morgan fingerprint density at radius 1 is 1.73 bits per heavy atom. The molecule has 2 rings (SSSR count). The Bertz CT molecular complexity index is 364. The van der Waals surface area contributed by atoms with Gasteiger partial charge in [0.1, 0.15) is 5.69 Å². The number of carbonyl (C=O) groups excluding carboxylic acids is 1. The first-order chi connectivity index (χ1) is 7.20. The van der Waals surface area contributed by atoms with E-state index >= 15 is 0 Å². The minimum Gasteiger partial charge on any atom is -0.380 e. The van der Waals surface area contributed by atoms with Gasteiger partial charge in [-0.15, -0.1) is 0 Å². The topological polar surface area (TPSA) is 45.3 Å². The van der Waals surface area contributed by atoms with Crippen molar-refractivity contribution in [2.45, 2.75) is 12.5 Å². The highest BCUT2D eigenvalue weighted by molar-refractivity contribution is 9.10. The number of amides is 1. The number of likely N-dealkylation sites (tertiary alicyclic amines) is 1. The van der Waals surface area contributed by atoms with Gasteiger partial charge in [-0.1, -0.05) is 0 Å². The van der Waals surface area contributed by atoms with Gasteiger partial charge in [0.05, 0.1) is 6.10 Å². The molecule has 1 atom stereocenters. The molecule has 1 unspecified atom stereocenters. The second-order valence-electron chi connectivity index (χ2n) is 3.63. The fourth-order valence-electron chi connectivity index (χ4n) is 1.77. The van der Waals surface area contributed by atoms with Gasteiger partial charge in [-0.25, -0.2) is 0 Å². The molecule has 0 saturated carbocycles. The number of hydrogen-bond donors (Lipinski definition) is 1. The van der Waals surface area contributed by atoms with E-state index in [1.54, 1.807) is 19.4 Å².